The van der Waals surface area contributed by atoms with Crippen LogP contribution in [0.3, 0.4) is 0 Å². The lowest BCUT2D eigenvalue weighted by Gasteiger charge is -2.36. The van der Waals surface area contributed by atoms with Crippen molar-refractivity contribution in [1.82, 2.24) is 4.90 Å². The number of carbonyl (C=O) groups is 2. The van der Waals surface area contributed by atoms with Gasteiger partial charge >= 0.3 is 0 Å². The van der Waals surface area contributed by atoms with Crippen LogP contribution in [0.25, 0.3) is 0 Å². The Morgan fingerprint density at radius 3 is 2.14 bits per heavy atom. The van der Waals surface area contributed by atoms with Crippen molar-refractivity contribution >= 4 is 17.5 Å². The zero-order valence-corrected chi connectivity index (χ0v) is 17.9. The highest BCUT2D eigenvalue weighted by Gasteiger charge is 2.42. The van der Waals surface area contributed by atoms with Crippen LogP contribution in [0.1, 0.15) is 45.7 Å². The van der Waals surface area contributed by atoms with Crippen molar-refractivity contribution in [3.8, 4) is 0 Å². The molecule has 0 aromatic heterocycles. The number of anilines is 1. The summed E-state index contributed by atoms with van der Waals surface area (Å²) in [6, 6.07) is 17.7. The van der Waals surface area contributed by atoms with Gasteiger partial charge in [-0.3, -0.25) is 9.59 Å². The molecule has 0 unspecified atom stereocenters. The van der Waals surface area contributed by atoms with E-state index in [4.69, 9.17) is 0 Å². The summed E-state index contributed by atoms with van der Waals surface area (Å²) in [5.74, 6) is -0.327. The van der Waals surface area contributed by atoms with Gasteiger partial charge < -0.3 is 9.80 Å². The molecule has 2 aromatic carbocycles. The number of carbonyl (C=O) groups excluding carboxylic acids is 2. The van der Waals surface area contributed by atoms with Gasteiger partial charge in [0, 0.05) is 24.8 Å². The number of nitrogens with zero attached hydrogens (tertiary/aromatic N) is 2. The zero-order valence-electron chi connectivity index (χ0n) is 17.9. The Balaban J connectivity index is 2.30. The predicted octanol–water partition coefficient (Wildman–Crippen LogP) is 4.81. The van der Waals surface area contributed by atoms with Gasteiger partial charge in [0.1, 0.15) is 5.41 Å². The highest BCUT2D eigenvalue weighted by molar-refractivity contribution is 6.11. The van der Waals surface area contributed by atoms with Gasteiger partial charge in [-0.1, -0.05) is 42.5 Å². The number of hydrogen-bond donors (Lipinski definition) is 0. The fraction of sp³-hybridized carbons (Fsp3) is 0.417. The topological polar surface area (TPSA) is 40.6 Å². The van der Waals surface area contributed by atoms with E-state index < -0.39 is 5.41 Å². The molecule has 0 heterocycles. The van der Waals surface area contributed by atoms with Crippen LogP contribution < -0.4 is 4.90 Å². The molecule has 0 radical (unpaired) electrons. The van der Waals surface area contributed by atoms with Crippen LogP contribution in [0.4, 0.5) is 5.69 Å². The number of amides is 2. The van der Waals surface area contributed by atoms with Crippen molar-refractivity contribution in [1.29, 1.82) is 0 Å². The molecule has 4 nitrogen and oxygen atoms in total. The van der Waals surface area contributed by atoms with Crippen molar-refractivity contribution in [3.05, 3.63) is 65.7 Å². The minimum atomic E-state index is -1.15. The average Bonchev–Trinajstić information content (AvgIpc) is 2.66. The van der Waals surface area contributed by atoms with Gasteiger partial charge in [0.2, 0.25) is 11.8 Å². The van der Waals surface area contributed by atoms with Gasteiger partial charge in [0.15, 0.2) is 0 Å². The maximum atomic E-state index is 13.4. The summed E-state index contributed by atoms with van der Waals surface area (Å²) in [6.07, 6.45) is 0. The van der Waals surface area contributed by atoms with E-state index in [0.717, 1.165) is 16.8 Å². The number of benzene rings is 2. The first-order valence-corrected chi connectivity index (χ1v) is 9.92. The Morgan fingerprint density at radius 2 is 1.61 bits per heavy atom. The summed E-state index contributed by atoms with van der Waals surface area (Å²) in [5, 5.41) is 0. The third-order valence-corrected chi connectivity index (χ3v) is 5.02. The normalized spacial score (nSPS) is 11.4. The van der Waals surface area contributed by atoms with Gasteiger partial charge in [0.05, 0.1) is 0 Å². The molecule has 150 valence electrons. The first kappa shape index (κ1) is 21.7. The zero-order chi connectivity index (χ0) is 20.9. The maximum Gasteiger partial charge on any atom is 0.242 e. The van der Waals surface area contributed by atoms with Gasteiger partial charge in [0.25, 0.3) is 0 Å². The van der Waals surface area contributed by atoms with Crippen molar-refractivity contribution in [2.45, 2.75) is 54.1 Å². The minimum Gasteiger partial charge on any atom is -0.335 e. The fourth-order valence-corrected chi connectivity index (χ4v) is 3.30. The summed E-state index contributed by atoms with van der Waals surface area (Å²) in [7, 11) is 0. The molecular formula is C24H32N2O2. The summed E-state index contributed by atoms with van der Waals surface area (Å²) >= 11 is 0. The highest BCUT2D eigenvalue weighted by atomic mass is 16.2. The van der Waals surface area contributed by atoms with Gasteiger partial charge in [-0.2, -0.15) is 0 Å². The number of aryl methyl sites for hydroxylation is 1. The Kier molecular flexibility index (Phi) is 7.00. The summed E-state index contributed by atoms with van der Waals surface area (Å²) < 4.78 is 0. The lowest BCUT2D eigenvalue weighted by molar-refractivity contribution is -0.149. The first-order valence-electron chi connectivity index (χ1n) is 9.92. The summed E-state index contributed by atoms with van der Waals surface area (Å²) in [4.78, 5) is 30.3. The molecule has 2 rings (SSSR count). The van der Waals surface area contributed by atoms with Gasteiger partial charge in [-0.25, -0.2) is 0 Å². The van der Waals surface area contributed by atoms with E-state index in [1.807, 2.05) is 82.3 Å². The Morgan fingerprint density at radius 1 is 0.964 bits per heavy atom. The Hall–Kier alpha value is -2.62. The van der Waals surface area contributed by atoms with E-state index >= 15 is 0 Å². The van der Waals surface area contributed by atoms with Gasteiger partial charge in [-0.05, 0) is 64.8 Å². The second-order valence-corrected chi connectivity index (χ2v) is 8.03. The Labute approximate surface area is 169 Å². The van der Waals surface area contributed by atoms with Crippen molar-refractivity contribution in [3.63, 3.8) is 0 Å². The van der Waals surface area contributed by atoms with Crippen LogP contribution in [0.15, 0.2) is 54.6 Å². The predicted molar refractivity (Wildman–Crippen MR) is 115 cm³/mol. The molecule has 0 aliphatic rings. The molecule has 0 bridgehead atoms. The maximum absolute atomic E-state index is 13.4. The molecule has 0 N–H and O–H groups in total. The second kappa shape index (κ2) is 9.05. The molecule has 0 saturated carbocycles. The van der Waals surface area contributed by atoms with Crippen molar-refractivity contribution in [2.75, 3.05) is 11.4 Å². The third-order valence-electron chi connectivity index (χ3n) is 5.02. The lowest BCUT2D eigenvalue weighted by Crippen LogP contribution is -2.52. The van der Waals surface area contributed by atoms with Gasteiger partial charge in [-0.15, -0.1) is 0 Å². The van der Waals surface area contributed by atoms with E-state index in [9.17, 15) is 9.59 Å². The highest BCUT2D eigenvalue weighted by Crippen LogP contribution is 2.28. The molecular weight excluding hydrogens is 348 g/mol. The molecule has 2 amide bonds. The molecule has 0 aliphatic carbocycles. The molecule has 0 saturated heterocycles. The largest absolute Gasteiger partial charge is 0.335 e. The van der Waals surface area contributed by atoms with Crippen LogP contribution in [0.5, 0.6) is 0 Å². The molecule has 2 aromatic rings. The van der Waals surface area contributed by atoms with Crippen molar-refractivity contribution in [2.24, 2.45) is 5.41 Å². The second-order valence-electron chi connectivity index (χ2n) is 8.03. The van der Waals surface area contributed by atoms with Crippen LogP contribution in [-0.4, -0.2) is 29.3 Å². The van der Waals surface area contributed by atoms with Crippen LogP contribution in [0.2, 0.25) is 0 Å². The average molecular weight is 381 g/mol. The fourth-order valence-electron chi connectivity index (χ4n) is 3.30. The summed E-state index contributed by atoms with van der Waals surface area (Å²) in [6.45, 7) is 12.4. The third kappa shape index (κ3) is 4.80. The standard InChI is InChI=1S/C24H32N2O2/c1-7-25(21-15-11-12-19(4)16-21)22(27)24(5,6)23(28)26(18(2)3)17-20-13-9-8-10-14-20/h8-16,18H,7,17H2,1-6H3. The molecule has 0 atom stereocenters. The van der Waals surface area contributed by atoms with Crippen LogP contribution in [0, 0.1) is 12.3 Å². The van der Waals surface area contributed by atoms with E-state index in [1.165, 1.54) is 0 Å². The quantitative estimate of drug-likeness (QED) is 0.647. The van der Waals surface area contributed by atoms with E-state index in [1.54, 1.807) is 23.6 Å². The molecule has 28 heavy (non-hydrogen) atoms. The molecule has 0 fully saturated rings. The molecule has 0 aliphatic heterocycles. The number of rotatable bonds is 7. The smallest absolute Gasteiger partial charge is 0.242 e. The number of hydrogen-bond acceptors (Lipinski definition) is 2. The monoisotopic (exact) mass is 380 g/mol. The van der Waals surface area contributed by atoms with E-state index in [0.29, 0.717) is 13.1 Å². The Bertz CT molecular complexity index is 812. The molecule has 4 heteroatoms. The first-order chi connectivity index (χ1) is 13.2. The van der Waals surface area contributed by atoms with E-state index in [2.05, 4.69) is 0 Å². The molecule has 0 spiro atoms. The SMILES string of the molecule is CCN(C(=O)C(C)(C)C(=O)N(Cc1ccccc1)C(C)C)c1cccc(C)c1. The lowest BCUT2D eigenvalue weighted by atomic mass is 9.88. The minimum absolute atomic E-state index is 0.00572. The van der Waals surface area contributed by atoms with E-state index in [-0.39, 0.29) is 17.9 Å². The van der Waals surface area contributed by atoms with Crippen LogP contribution >= 0.6 is 0 Å². The summed E-state index contributed by atoms with van der Waals surface area (Å²) in [5.41, 5.74) is 1.81. The van der Waals surface area contributed by atoms with Crippen molar-refractivity contribution < 1.29 is 9.59 Å². The van der Waals surface area contributed by atoms with Crippen LogP contribution in [-0.2, 0) is 16.1 Å².